The zero-order valence-electron chi connectivity index (χ0n) is 14.3. The van der Waals surface area contributed by atoms with Crippen LogP contribution in [0.3, 0.4) is 0 Å². The molecule has 1 amide bonds. The van der Waals surface area contributed by atoms with E-state index in [0.717, 1.165) is 12.1 Å². The molecular formula is C13H15ClF2N6O4S. The van der Waals surface area contributed by atoms with Gasteiger partial charge in [0.2, 0.25) is 16.0 Å². The first-order valence-corrected chi connectivity index (χ1v) is 9.28. The van der Waals surface area contributed by atoms with Crippen molar-refractivity contribution in [2.75, 3.05) is 10.0 Å². The van der Waals surface area contributed by atoms with Crippen LogP contribution in [0, 0.1) is 0 Å². The summed E-state index contributed by atoms with van der Waals surface area (Å²) in [5.41, 5.74) is -0.683. The number of benzene rings is 1. The quantitative estimate of drug-likeness (QED) is 0.694. The molecule has 1 aromatic carbocycles. The summed E-state index contributed by atoms with van der Waals surface area (Å²) >= 11 is 6.11. The molecule has 14 heteroatoms. The zero-order chi connectivity index (χ0) is 20.4. The van der Waals surface area contributed by atoms with Gasteiger partial charge >= 0.3 is 6.61 Å². The molecule has 2 aromatic rings. The fourth-order valence-corrected chi connectivity index (χ4v) is 2.86. The molecular weight excluding hydrogens is 410 g/mol. The van der Waals surface area contributed by atoms with Crippen LogP contribution in [0.25, 0.3) is 0 Å². The lowest BCUT2D eigenvalue weighted by Crippen LogP contribution is -2.24. The van der Waals surface area contributed by atoms with E-state index in [1.54, 1.807) is 0 Å². The maximum Gasteiger partial charge on any atom is 0.387 e. The number of alkyl halides is 2. The third-order valence-electron chi connectivity index (χ3n) is 3.27. The Labute approximate surface area is 157 Å². The number of halogens is 3. The van der Waals surface area contributed by atoms with Crippen molar-refractivity contribution in [2.24, 2.45) is 7.05 Å². The molecule has 148 valence electrons. The minimum Gasteiger partial charge on any atom is -0.433 e. The standard InChI is InChI=1S/C13H15ClF2N6O4S/c1-6(2)27(24,25)19-10-8(26-12(15)16)5-4-7(9(10)14)11(23)17-13-18-20-21-22(13)3/h4-6,12,19H,1-3H3,(H,17,18,21,23). The maximum atomic E-state index is 12.6. The van der Waals surface area contributed by atoms with Crippen molar-refractivity contribution < 1.29 is 26.7 Å². The van der Waals surface area contributed by atoms with Crippen molar-refractivity contribution in [3.05, 3.63) is 22.7 Å². The highest BCUT2D eigenvalue weighted by Gasteiger charge is 2.25. The van der Waals surface area contributed by atoms with Crippen LogP contribution in [0.5, 0.6) is 5.75 Å². The summed E-state index contributed by atoms with van der Waals surface area (Å²) in [6, 6.07) is 2.10. The molecule has 0 saturated carbocycles. The molecule has 0 saturated heterocycles. The van der Waals surface area contributed by atoms with Crippen molar-refractivity contribution in [1.29, 1.82) is 0 Å². The summed E-state index contributed by atoms with van der Waals surface area (Å²) in [6.45, 7) is -0.476. The van der Waals surface area contributed by atoms with Crippen LogP contribution in [0.2, 0.25) is 5.02 Å². The van der Waals surface area contributed by atoms with Gasteiger partial charge in [0.05, 0.1) is 15.8 Å². The Morgan fingerprint density at radius 2 is 2.00 bits per heavy atom. The molecule has 0 atom stereocenters. The number of carbonyl (C=O) groups is 1. The van der Waals surface area contributed by atoms with Gasteiger partial charge in [-0.2, -0.15) is 8.78 Å². The third kappa shape index (κ3) is 4.80. The molecule has 2 rings (SSSR count). The molecule has 0 fully saturated rings. The summed E-state index contributed by atoms with van der Waals surface area (Å²) in [7, 11) is -2.49. The smallest absolute Gasteiger partial charge is 0.387 e. The van der Waals surface area contributed by atoms with Gasteiger partial charge in [-0.05, 0) is 36.4 Å². The number of nitrogens with one attached hydrogen (secondary N) is 2. The topological polar surface area (TPSA) is 128 Å². The minimum atomic E-state index is -3.96. The lowest BCUT2D eigenvalue weighted by atomic mass is 10.1. The van der Waals surface area contributed by atoms with Crippen molar-refractivity contribution in [1.82, 2.24) is 20.2 Å². The van der Waals surface area contributed by atoms with E-state index in [9.17, 15) is 22.0 Å². The first kappa shape index (κ1) is 20.8. The molecule has 0 spiro atoms. The summed E-state index contributed by atoms with van der Waals surface area (Å²) in [4.78, 5) is 12.4. The first-order chi connectivity index (χ1) is 12.5. The van der Waals surface area contributed by atoms with Gasteiger partial charge in [0.25, 0.3) is 5.91 Å². The highest BCUT2D eigenvalue weighted by atomic mass is 35.5. The molecule has 27 heavy (non-hydrogen) atoms. The molecule has 0 bridgehead atoms. The van der Waals surface area contributed by atoms with E-state index in [0.29, 0.717) is 0 Å². The van der Waals surface area contributed by atoms with E-state index in [1.807, 2.05) is 0 Å². The second kappa shape index (κ2) is 8.00. The summed E-state index contributed by atoms with van der Waals surface area (Å²) < 4.78 is 57.1. The highest BCUT2D eigenvalue weighted by Crippen LogP contribution is 2.37. The molecule has 0 aliphatic rings. The lowest BCUT2D eigenvalue weighted by molar-refractivity contribution is -0.0493. The SMILES string of the molecule is CC(C)S(=O)(=O)Nc1c(OC(F)F)ccc(C(=O)Nc2nnnn2C)c1Cl. The second-order valence-electron chi connectivity index (χ2n) is 5.45. The molecule has 1 aromatic heterocycles. The third-order valence-corrected chi connectivity index (χ3v) is 5.40. The van der Waals surface area contributed by atoms with Gasteiger partial charge in [-0.1, -0.05) is 16.7 Å². The summed E-state index contributed by atoms with van der Waals surface area (Å²) in [6.07, 6.45) is 0. The Morgan fingerprint density at radius 3 is 2.52 bits per heavy atom. The molecule has 0 radical (unpaired) electrons. The van der Waals surface area contributed by atoms with E-state index < -0.39 is 44.3 Å². The molecule has 0 unspecified atom stereocenters. The van der Waals surface area contributed by atoms with Crippen molar-refractivity contribution in [3.8, 4) is 5.75 Å². The molecule has 10 nitrogen and oxygen atoms in total. The van der Waals surface area contributed by atoms with Crippen LogP contribution >= 0.6 is 11.6 Å². The Balaban J connectivity index is 2.47. The van der Waals surface area contributed by atoms with Crippen LogP contribution < -0.4 is 14.8 Å². The maximum absolute atomic E-state index is 12.6. The van der Waals surface area contributed by atoms with E-state index in [4.69, 9.17) is 11.6 Å². The van der Waals surface area contributed by atoms with E-state index in [-0.39, 0.29) is 11.5 Å². The average Bonchev–Trinajstić information content (AvgIpc) is 2.95. The summed E-state index contributed by atoms with van der Waals surface area (Å²) in [5.74, 6) is -1.32. The van der Waals surface area contributed by atoms with Gasteiger partial charge in [-0.3, -0.25) is 14.8 Å². The number of aromatic nitrogens is 4. The Hall–Kier alpha value is -2.54. The predicted octanol–water partition coefficient (Wildman–Crippen LogP) is 1.87. The number of amides is 1. The number of anilines is 2. The van der Waals surface area contributed by atoms with Crippen LogP contribution in [0.4, 0.5) is 20.4 Å². The molecule has 2 N–H and O–H groups in total. The molecule has 1 heterocycles. The lowest BCUT2D eigenvalue weighted by Gasteiger charge is -2.18. The molecule has 0 aliphatic carbocycles. The van der Waals surface area contributed by atoms with Crippen molar-refractivity contribution in [2.45, 2.75) is 25.7 Å². The Kier molecular flexibility index (Phi) is 6.15. The average molecular weight is 425 g/mol. The number of ether oxygens (including phenoxy) is 1. The number of nitrogens with zero attached hydrogens (tertiary/aromatic N) is 4. The van der Waals surface area contributed by atoms with Gasteiger partial charge in [0, 0.05) is 7.05 Å². The van der Waals surface area contributed by atoms with Crippen LogP contribution in [0.15, 0.2) is 12.1 Å². The van der Waals surface area contributed by atoms with E-state index >= 15 is 0 Å². The number of hydrogen-bond acceptors (Lipinski definition) is 7. The highest BCUT2D eigenvalue weighted by molar-refractivity contribution is 7.93. The number of carbonyl (C=O) groups excluding carboxylic acids is 1. The predicted molar refractivity (Wildman–Crippen MR) is 92.5 cm³/mol. The second-order valence-corrected chi connectivity index (χ2v) is 8.07. The van der Waals surface area contributed by atoms with Crippen LogP contribution in [-0.2, 0) is 17.1 Å². The molecule has 0 aliphatic heterocycles. The van der Waals surface area contributed by atoms with E-state index in [2.05, 4.69) is 30.3 Å². The van der Waals surface area contributed by atoms with Crippen molar-refractivity contribution in [3.63, 3.8) is 0 Å². The van der Waals surface area contributed by atoms with Gasteiger partial charge < -0.3 is 4.74 Å². The van der Waals surface area contributed by atoms with Gasteiger partial charge in [-0.25, -0.2) is 13.1 Å². The minimum absolute atomic E-state index is 0.00622. The number of aryl methyl sites for hydroxylation is 1. The normalized spacial score (nSPS) is 11.7. The van der Waals surface area contributed by atoms with Gasteiger partial charge in [-0.15, -0.1) is 0 Å². The van der Waals surface area contributed by atoms with Crippen molar-refractivity contribution >= 4 is 39.2 Å². The largest absolute Gasteiger partial charge is 0.433 e. The zero-order valence-corrected chi connectivity index (χ0v) is 15.8. The summed E-state index contributed by atoms with van der Waals surface area (Å²) in [5, 5.41) is 11.5. The number of sulfonamides is 1. The van der Waals surface area contributed by atoms with Gasteiger partial charge in [0.15, 0.2) is 5.75 Å². The van der Waals surface area contributed by atoms with E-state index in [1.165, 1.54) is 25.6 Å². The van der Waals surface area contributed by atoms with Crippen LogP contribution in [-0.4, -0.2) is 46.4 Å². The fraction of sp³-hybridized carbons (Fsp3) is 0.385. The number of tetrazole rings is 1. The fourth-order valence-electron chi connectivity index (χ4n) is 1.79. The number of rotatable bonds is 7. The van der Waals surface area contributed by atoms with Crippen LogP contribution in [0.1, 0.15) is 24.2 Å². The van der Waals surface area contributed by atoms with Gasteiger partial charge in [0.1, 0.15) is 5.69 Å². The first-order valence-electron chi connectivity index (χ1n) is 7.35. The monoisotopic (exact) mass is 424 g/mol. The number of hydrogen-bond donors (Lipinski definition) is 2. The Morgan fingerprint density at radius 1 is 1.33 bits per heavy atom. The Bertz CT molecular complexity index is 950.